The molecule has 0 saturated heterocycles. The molecule has 2 N–H and O–H groups in total. The first kappa shape index (κ1) is 13.2. The van der Waals surface area contributed by atoms with Crippen molar-refractivity contribution in [3.05, 3.63) is 35.4 Å². The predicted molar refractivity (Wildman–Crippen MR) is 64.6 cm³/mol. The van der Waals surface area contributed by atoms with Gasteiger partial charge < -0.3 is 5.73 Å². The monoisotopic (exact) mass is 193 g/mol. The molecule has 1 aromatic carbocycles. The van der Waals surface area contributed by atoms with E-state index in [4.69, 9.17) is 5.73 Å². The molecule has 0 spiro atoms. The van der Waals surface area contributed by atoms with Crippen LogP contribution in [0.1, 0.15) is 44.7 Å². The molecule has 0 aliphatic heterocycles. The lowest BCUT2D eigenvalue weighted by molar-refractivity contribution is 0.859. The van der Waals surface area contributed by atoms with Crippen LogP contribution in [0, 0.1) is 0 Å². The molecule has 1 heteroatoms. The van der Waals surface area contributed by atoms with Crippen molar-refractivity contribution in [1.29, 1.82) is 0 Å². The molecule has 0 atom stereocenters. The van der Waals surface area contributed by atoms with E-state index < -0.39 is 0 Å². The van der Waals surface area contributed by atoms with Crippen molar-refractivity contribution in [2.45, 2.75) is 40.0 Å². The topological polar surface area (TPSA) is 26.0 Å². The fraction of sp³-hybridized carbons (Fsp3) is 0.538. The van der Waals surface area contributed by atoms with Gasteiger partial charge in [-0.25, -0.2) is 0 Å². The summed E-state index contributed by atoms with van der Waals surface area (Å²) in [6, 6.07) is 8.67. The highest BCUT2D eigenvalue weighted by Gasteiger charge is 1.98. The van der Waals surface area contributed by atoms with E-state index in [1.807, 2.05) is 13.8 Å². The highest BCUT2D eigenvalue weighted by atomic mass is 14.5. The Bertz CT molecular complexity index is 241. The molecule has 0 heterocycles. The van der Waals surface area contributed by atoms with Gasteiger partial charge in [0.15, 0.2) is 0 Å². The summed E-state index contributed by atoms with van der Waals surface area (Å²) in [4.78, 5) is 0. The minimum Gasteiger partial charge on any atom is -0.330 e. The molecule has 14 heavy (non-hydrogen) atoms. The summed E-state index contributed by atoms with van der Waals surface area (Å²) >= 11 is 0. The van der Waals surface area contributed by atoms with E-state index in [1.54, 1.807) is 0 Å². The Balaban J connectivity index is 0.000000791. The molecule has 0 aromatic heterocycles. The lowest BCUT2D eigenvalue weighted by atomic mass is 10.00. The van der Waals surface area contributed by atoms with Crippen molar-refractivity contribution < 1.29 is 0 Å². The molecule has 0 fully saturated rings. The molecule has 0 aliphatic rings. The second kappa shape index (κ2) is 7.57. The number of rotatable bonds is 3. The average Bonchev–Trinajstić information content (AvgIpc) is 2.22. The molecule has 0 saturated carbocycles. The van der Waals surface area contributed by atoms with Crippen LogP contribution in [0.4, 0.5) is 0 Å². The van der Waals surface area contributed by atoms with Gasteiger partial charge in [-0.2, -0.15) is 0 Å². The first-order valence-corrected chi connectivity index (χ1v) is 5.53. The number of nitrogens with two attached hydrogens (primary N) is 1. The van der Waals surface area contributed by atoms with E-state index >= 15 is 0 Å². The van der Waals surface area contributed by atoms with Crippen LogP contribution in [0.15, 0.2) is 24.3 Å². The highest BCUT2D eigenvalue weighted by Crippen LogP contribution is 2.15. The van der Waals surface area contributed by atoms with Crippen LogP contribution in [0.2, 0.25) is 0 Å². The van der Waals surface area contributed by atoms with Crippen molar-refractivity contribution in [2.75, 3.05) is 6.54 Å². The number of hydrogen-bond donors (Lipinski definition) is 1. The zero-order valence-electron chi connectivity index (χ0n) is 9.88. The highest BCUT2D eigenvalue weighted by molar-refractivity contribution is 5.25. The maximum atomic E-state index is 5.49. The van der Waals surface area contributed by atoms with Gasteiger partial charge in [-0.15, -0.1) is 0 Å². The van der Waals surface area contributed by atoms with Gasteiger partial charge in [0.1, 0.15) is 0 Å². The Labute approximate surface area is 88.3 Å². The van der Waals surface area contributed by atoms with E-state index in [0.29, 0.717) is 5.92 Å². The molecule has 1 nitrogen and oxygen atoms in total. The minimum atomic E-state index is 0.614. The summed E-state index contributed by atoms with van der Waals surface area (Å²) in [6.07, 6.45) is 0.987. The van der Waals surface area contributed by atoms with Crippen molar-refractivity contribution in [1.82, 2.24) is 0 Å². The van der Waals surface area contributed by atoms with Crippen LogP contribution in [-0.2, 0) is 6.42 Å². The van der Waals surface area contributed by atoms with Crippen LogP contribution in [0.5, 0.6) is 0 Å². The van der Waals surface area contributed by atoms with Crippen LogP contribution >= 0.6 is 0 Å². The zero-order valence-corrected chi connectivity index (χ0v) is 9.88. The standard InChI is InChI=1S/C11H17N.C2H6/c1-9(2)11-5-3-4-10(8-11)6-7-12;1-2/h3-5,8-9H,6-7,12H2,1-2H3;1-2H3. The third-order valence-corrected chi connectivity index (χ3v) is 2.05. The van der Waals surface area contributed by atoms with Gasteiger partial charge in [0.2, 0.25) is 0 Å². The second-order valence-corrected chi connectivity index (χ2v) is 3.44. The number of hydrogen-bond acceptors (Lipinski definition) is 1. The third kappa shape index (κ3) is 4.43. The van der Waals surface area contributed by atoms with E-state index in [2.05, 4.69) is 38.1 Å². The predicted octanol–water partition coefficient (Wildman–Crippen LogP) is 3.34. The summed E-state index contributed by atoms with van der Waals surface area (Å²) in [7, 11) is 0. The molecular weight excluding hydrogens is 170 g/mol. The van der Waals surface area contributed by atoms with Crippen LogP contribution < -0.4 is 5.73 Å². The Kier molecular flexibility index (Phi) is 7.13. The van der Waals surface area contributed by atoms with Gasteiger partial charge in [0, 0.05) is 0 Å². The summed E-state index contributed by atoms with van der Waals surface area (Å²) in [6.45, 7) is 9.16. The Morgan fingerprint density at radius 1 is 1.21 bits per heavy atom. The maximum absolute atomic E-state index is 5.49. The van der Waals surface area contributed by atoms with Crippen LogP contribution in [0.3, 0.4) is 0 Å². The lowest BCUT2D eigenvalue weighted by Crippen LogP contribution is -2.03. The Morgan fingerprint density at radius 3 is 2.36 bits per heavy atom. The van der Waals surface area contributed by atoms with Gasteiger partial charge >= 0.3 is 0 Å². The first-order chi connectivity index (χ1) is 6.74. The molecule has 0 unspecified atom stereocenters. The summed E-state index contributed by atoms with van der Waals surface area (Å²) in [5.74, 6) is 0.614. The molecule has 80 valence electrons. The smallest absolute Gasteiger partial charge is 0.00367 e. The fourth-order valence-corrected chi connectivity index (χ4v) is 1.27. The maximum Gasteiger partial charge on any atom is -0.00367 e. The van der Waals surface area contributed by atoms with Gasteiger partial charge in [-0.3, -0.25) is 0 Å². The average molecular weight is 193 g/mol. The molecule has 0 amide bonds. The van der Waals surface area contributed by atoms with Crippen LogP contribution in [0.25, 0.3) is 0 Å². The summed E-state index contributed by atoms with van der Waals surface area (Å²) in [5.41, 5.74) is 8.24. The van der Waals surface area contributed by atoms with E-state index in [9.17, 15) is 0 Å². The van der Waals surface area contributed by atoms with Crippen molar-refractivity contribution >= 4 is 0 Å². The minimum absolute atomic E-state index is 0.614. The van der Waals surface area contributed by atoms with E-state index in [1.165, 1.54) is 11.1 Å². The van der Waals surface area contributed by atoms with E-state index in [-0.39, 0.29) is 0 Å². The van der Waals surface area contributed by atoms with Crippen molar-refractivity contribution in [3.63, 3.8) is 0 Å². The van der Waals surface area contributed by atoms with Crippen molar-refractivity contribution in [3.8, 4) is 0 Å². The molecule has 0 bridgehead atoms. The molecule has 0 radical (unpaired) electrons. The lowest BCUT2D eigenvalue weighted by Gasteiger charge is -2.06. The molecular formula is C13H23N. The van der Waals surface area contributed by atoms with Gasteiger partial charge in [-0.1, -0.05) is 52.0 Å². The first-order valence-electron chi connectivity index (χ1n) is 5.53. The summed E-state index contributed by atoms with van der Waals surface area (Å²) < 4.78 is 0. The zero-order chi connectivity index (χ0) is 11.0. The third-order valence-electron chi connectivity index (χ3n) is 2.05. The molecule has 1 rings (SSSR count). The summed E-state index contributed by atoms with van der Waals surface area (Å²) in [5, 5.41) is 0. The quantitative estimate of drug-likeness (QED) is 0.783. The second-order valence-electron chi connectivity index (χ2n) is 3.44. The Hall–Kier alpha value is -0.820. The SMILES string of the molecule is CC.CC(C)c1cccc(CCN)c1. The van der Waals surface area contributed by atoms with Crippen molar-refractivity contribution in [2.24, 2.45) is 5.73 Å². The largest absolute Gasteiger partial charge is 0.330 e. The van der Waals surface area contributed by atoms with E-state index in [0.717, 1.165) is 13.0 Å². The molecule has 0 aliphatic carbocycles. The molecule has 1 aromatic rings. The van der Waals surface area contributed by atoms with Gasteiger partial charge in [-0.05, 0) is 30.0 Å². The van der Waals surface area contributed by atoms with Crippen LogP contribution in [-0.4, -0.2) is 6.54 Å². The van der Waals surface area contributed by atoms with Gasteiger partial charge in [0.25, 0.3) is 0 Å². The Morgan fingerprint density at radius 2 is 1.86 bits per heavy atom. The number of benzene rings is 1. The normalized spacial score (nSPS) is 9.57. The van der Waals surface area contributed by atoms with Gasteiger partial charge in [0.05, 0.1) is 0 Å². The fourth-order valence-electron chi connectivity index (χ4n) is 1.27.